The van der Waals surface area contributed by atoms with E-state index < -0.39 is 0 Å². The third-order valence-corrected chi connectivity index (χ3v) is 3.61. The summed E-state index contributed by atoms with van der Waals surface area (Å²) in [5, 5.41) is 3.41. The molecule has 0 amide bonds. The summed E-state index contributed by atoms with van der Waals surface area (Å²) in [7, 11) is 3.84. The Hall–Kier alpha value is -1.29. The first-order valence-corrected chi connectivity index (χ1v) is 6.63. The van der Waals surface area contributed by atoms with Crippen molar-refractivity contribution in [3.8, 4) is 5.75 Å². The second kappa shape index (κ2) is 6.05. The van der Waals surface area contributed by atoms with Crippen molar-refractivity contribution in [1.29, 1.82) is 0 Å². The number of nitrogens with one attached hydrogen (secondary N) is 1. The molecule has 0 aliphatic carbocycles. The Balaban J connectivity index is 2.07. The van der Waals surface area contributed by atoms with E-state index in [1.54, 1.807) is 7.11 Å². The van der Waals surface area contributed by atoms with E-state index in [2.05, 4.69) is 28.3 Å². The van der Waals surface area contributed by atoms with Crippen LogP contribution < -0.4 is 15.0 Å². The zero-order valence-corrected chi connectivity index (χ0v) is 11.6. The highest BCUT2D eigenvalue weighted by molar-refractivity contribution is 5.57. The van der Waals surface area contributed by atoms with Crippen LogP contribution in [0.4, 0.5) is 5.69 Å². The van der Waals surface area contributed by atoms with Gasteiger partial charge in [-0.25, -0.2) is 0 Å². The van der Waals surface area contributed by atoms with E-state index in [-0.39, 0.29) is 0 Å². The summed E-state index contributed by atoms with van der Waals surface area (Å²) in [5.41, 5.74) is 2.17. The minimum Gasteiger partial charge on any atom is -0.493 e. The smallest absolute Gasteiger partial charge is 0.160 e. The highest BCUT2D eigenvalue weighted by Crippen LogP contribution is 2.28. The molecule has 0 unspecified atom stereocenters. The second-order valence-corrected chi connectivity index (χ2v) is 5.07. The van der Waals surface area contributed by atoms with Crippen molar-refractivity contribution in [1.82, 2.24) is 10.3 Å². The number of hydrogen-bond acceptors (Lipinski definition) is 4. The van der Waals surface area contributed by atoms with Gasteiger partial charge >= 0.3 is 0 Å². The molecule has 1 aromatic rings. The van der Waals surface area contributed by atoms with Gasteiger partial charge in [-0.2, -0.15) is 0 Å². The predicted octanol–water partition coefficient (Wildman–Crippen LogP) is 1.83. The predicted molar refractivity (Wildman–Crippen MR) is 74.4 cm³/mol. The van der Waals surface area contributed by atoms with Gasteiger partial charge in [-0.15, -0.1) is 0 Å². The van der Waals surface area contributed by atoms with Crippen molar-refractivity contribution in [2.45, 2.75) is 19.8 Å². The molecule has 1 aliphatic heterocycles. The van der Waals surface area contributed by atoms with Crippen LogP contribution in [0.25, 0.3) is 0 Å². The monoisotopic (exact) mass is 249 g/mol. The summed E-state index contributed by atoms with van der Waals surface area (Å²) in [5.74, 6) is 1.63. The van der Waals surface area contributed by atoms with Crippen molar-refractivity contribution in [3.63, 3.8) is 0 Å². The average Bonchev–Trinajstić information content (AvgIpc) is 2.40. The lowest BCUT2D eigenvalue weighted by molar-refractivity contribution is 0.374. The molecular weight excluding hydrogens is 226 g/mol. The normalized spacial score (nSPS) is 16.6. The van der Waals surface area contributed by atoms with E-state index in [0.717, 1.165) is 42.7 Å². The molecule has 1 saturated heterocycles. The molecule has 0 aromatic carbocycles. The number of piperidine rings is 1. The number of rotatable bonds is 4. The lowest BCUT2D eigenvalue weighted by atomic mass is 9.97. The first-order valence-electron chi connectivity index (χ1n) is 6.63. The topological polar surface area (TPSA) is 37.4 Å². The minimum absolute atomic E-state index is 0.773. The quantitative estimate of drug-likeness (QED) is 0.883. The number of pyridine rings is 1. The molecule has 0 radical (unpaired) electrons. The molecule has 4 heteroatoms. The van der Waals surface area contributed by atoms with Crippen LogP contribution in [0.3, 0.4) is 0 Å². The Morgan fingerprint density at radius 2 is 2.17 bits per heavy atom. The van der Waals surface area contributed by atoms with E-state index in [0.29, 0.717) is 0 Å². The molecule has 0 spiro atoms. The molecule has 1 aliphatic rings. The van der Waals surface area contributed by atoms with Crippen molar-refractivity contribution in [2.24, 2.45) is 5.92 Å². The molecule has 1 N–H and O–H groups in total. The van der Waals surface area contributed by atoms with E-state index in [4.69, 9.17) is 4.74 Å². The van der Waals surface area contributed by atoms with Gasteiger partial charge in [0.15, 0.2) is 5.75 Å². The second-order valence-electron chi connectivity index (χ2n) is 5.07. The Bertz CT molecular complexity index is 389. The Morgan fingerprint density at radius 1 is 1.44 bits per heavy atom. The number of anilines is 1. The van der Waals surface area contributed by atoms with Crippen molar-refractivity contribution in [2.75, 3.05) is 38.7 Å². The third-order valence-electron chi connectivity index (χ3n) is 3.61. The fourth-order valence-electron chi connectivity index (χ4n) is 2.54. The van der Waals surface area contributed by atoms with Gasteiger partial charge in [-0.1, -0.05) is 0 Å². The Labute approximate surface area is 109 Å². The van der Waals surface area contributed by atoms with Gasteiger partial charge in [0.1, 0.15) is 0 Å². The molecule has 18 heavy (non-hydrogen) atoms. The molecule has 0 saturated carbocycles. The summed E-state index contributed by atoms with van der Waals surface area (Å²) in [6.07, 6.45) is 4.33. The lowest BCUT2D eigenvalue weighted by Gasteiger charge is -2.29. The Kier molecular flexibility index (Phi) is 4.42. The van der Waals surface area contributed by atoms with Crippen LogP contribution in [-0.2, 0) is 0 Å². The SMILES string of the molecule is COc1cnc(C)cc1N(C)CC1CCNCC1. The maximum atomic E-state index is 5.39. The summed E-state index contributed by atoms with van der Waals surface area (Å²) in [4.78, 5) is 6.57. The molecule has 1 fully saturated rings. The van der Waals surface area contributed by atoms with Crippen LogP contribution in [0, 0.1) is 12.8 Å². The molecule has 0 bridgehead atoms. The van der Waals surface area contributed by atoms with Crippen LogP contribution in [0.1, 0.15) is 18.5 Å². The van der Waals surface area contributed by atoms with Gasteiger partial charge < -0.3 is 15.0 Å². The van der Waals surface area contributed by atoms with E-state index in [9.17, 15) is 0 Å². The number of hydrogen-bond donors (Lipinski definition) is 1. The van der Waals surface area contributed by atoms with E-state index in [1.807, 2.05) is 13.1 Å². The van der Waals surface area contributed by atoms with Crippen molar-refractivity contribution >= 4 is 5.69 Å². The van der Waals surface area contributed by atoms with Gasteiger partial charge in [0.05, 0.1) is 19.0 Å². The molecule has 100 valence electrons. The summed E-state index contributed by atoms with van der Waals surface area (Å²) >= 11 is 0. The summed E-state index contributed by atoms with van der Waals surface area (Å²) in [6, 6.07) is 2.10. The highest BCUT2D eigenvalue weighted by atomic mass is 16.5. The first kappa shape index (κ1) is 13.1. The average molecular weight is 249 g/mol. The molecule has 2 heterocycles. The van der Waals surface area contributed by atoms with Gasteiger partial charge in [0.25, 0.3) is 0 Å². The highest BCUT2D eigenvalue weighted by Gasteiger charge is 2.17. The zero-order valence-electron chi connectivity index (χ0n) is 11.6. The fourth-order valence-corrected chi connectivity index (χ4v) is 2.54. The summed E-state index contributed by atoms with van der Waals surface area (Å²) < 4.78 is 5.39. The number of methoxy groups -OCH3 is 1. The fraction of sp³-hybridized carbons (Fsp3) is 0.643. The van der Waals surface area contributed by atoms with Gasteiger partial charge in [-0.05, 0) is 44.8 Å². The largest absolute Gasteiger partial charge is 0.493 e. The maximum absolute atomic E-state index is 5.39. The Morgan fingerprint density at radius 3 is 2.83 bits per heavy atom. The van der Waals surface area contributed by atoms with Crippen LogP contribution in [-0.4, -0.2) is 38.8 Å². The molecule has 2 rings (SSSR count). The van der Waals surface area contributed by atoms with Crippen molar-refractivity contribution < 1.29 is 4.74 Å². The lowest BCUT2D eigenvalue weighted by Crippen LogP contribution is -2.34. The van der Waals surface area contributed by atoms with Gasteiger partial charge in [0.2, 0.25) is 0 Å². The third kappa shape index (κ3) is 3.13. The number of aryl methyl sites for hydroxylation is 1. The van der Waals surface area contributed by atoms with Crippen LogP contribution in [0.15, 0.2) is 12.3 Å². The molecule has 4 nitrogen and oxygen atoms in total. The molecule has 0 atom stereocenters. The maximum Gasteiger partial charge on any atom is 0.160 e. The van der Waals surface area contributed by atoms with E-state index >= 15 is 0 Å². The first-order chi connectivity index (χ1) is 8.70. The molecular formula is C14H23N3O. The van der Waals surface area contributed by atoms with Crippen molar-refractivity contribution in [3.05, 3.63) is 18.0 Å². The van der Waals surface area contributed by atoms with Gasteiger partial charge in [-0.3, -0.25) is 4.98 Å². The van der Waals surface area contributed by atoms with E-state index in [1.165, 1.54) is 12.8 Å². The molecule has 1 aromatic heterocycles. The number of nitrogens with zero attached hydrogens (tertiary/aromatic N) is 2. The van der Waals surface area contributed by atoms with Crippen LogP contribution in [0.2, 0.25) is 0 Å². The van der Waals surface area contributed by atoms with Crippen LogP contribution >= 0.6 is 0 Å². The van der Waals surface area contributed by atoms with Crippen LogP contribution in [0.5, 0.6) is 5.75 Å². The number of ether oxygens (including phenoxy) is 1. The minimum atomic E-state index is 0.773. The summed E-state index contributed by atoms with van der Waals surface area (Å²) in [6.45, 7) is 5.39. The van der Waals surface area contributed by atoms with Gasteiger partial charge in [0, 0.05) is 19.3 Å². The standard InChI is InChI=1S/C14H23N3O/c1-11-8-13(14(18-3)9-16-11)17(2)10-12-4-6-15-7-5-12/h8-9,12,15H,4-7,10H2,1-3H3. The number of aromatic nitrogens is 1. The zero-order chi connectivity index (χ0) is 13.0.